The molecule has 1 aromatic rings. The van der Waals surface area contributed by atoms with Crippen molar-refractivity contribution >= 4 is 12.0 Å². The van der Waals surface area contributed by atoms with Gasteiger partial charge in [-0.1, -0.05) is 30.3 Å². The lowest BCUT2D eigenvalue weighted by atomic mass is 9.74. The Kier molecular flexibility index (Phi) is 6.61. The molecule has 0 saturated carbocycles. The molecular formula is C18H26N2O4. The zero-order valence-corrected chi connectivity index (χ0v) is 13.9. The Morgan fingerprint density at radius 1 is 1.17 bits per heavy atom. The monoisotopic (exact) mass is 334 g/mol. The number of likely N-dealkylation sites (tertiary alicyclic amines) is 1. The minimum absolute atomic E-state index is 0.0605. The highest BCUT2D eigenvalue weighted by molar-refractivity contribution is 5.74. The Bertz CT molecular complexity index is 539. The molecule has 1 aromatic carbocycles. The number of rotatable bonds is 7. The summed E-state index contributed by atoms with van der Waals surface area (Å²) >= 11 is 0. The summed E-state index contributed by atoms with van der Waals surface area (Å²) in [4.78, 5) is 24.3. The molecule has 0 atom stereocenters. The van der Waals surface area contributed by atoms with Gasteiger partial charge in [0.15, 0.2) is 0 Å². The van der Waals surface area contributed by atoms with Crippen LogP contribution in [0.5, 0.6) is 0 Å². The molecule has 1 aliphatic heterocycles. The maximum absolute atomic E-state index is 12.1. The van der Waals surface area contributed by atoms with Gasteiger partial charge in [-0.15, -0.1) is 0 Å². The SMILES string of the molecule is O=C(O)CCCNC(=O)N1CCC(CO)(Cc2ccccc2)CC1. The highest BCUT2D eigenvalue weighted by Crippen LogP contribution is 2.34. The highest BCUT2D eigenvalue weighted by atomic mass is 16.4. The van der Waals surface area contributed by atoms with Gasteiger partial charge >= 0.3 is 12.0 Å². The van der Waals surface area contributed by atoms with Crippen molar-refractivity contribution in [3.8, 4) is 0 Å². The van der Waals surface area contributed by atoms with Gasteiger partial charge < -0.3 is 20.4 Å². The number of carbonyl (C=O) groups excluding carboxylic acids is 1. The second-order valence-electron chi connectivity index (χ2n) is 6.54. The molecule has 0 aromatic heterocycles. The lowest BCUT2D eigenvalue weighted by Crippen LogP contribution is -2.49. The fourth-order valence-corrected chi connectivity index (χ4v) is 3.15. The molecule has 1 aliphatic rings. The number of nitrogens with zero attached hydrogens (tertiary/aromatic N) is 1. The third-order valence-corrected chi connectivity index (χ3v) is 4.71. The van der Waals surface area contributed by atoms with Crippen LogP contribution in [0.15, 0.2) is 30.3 Å². The molecule has 24 heavy (non-hydrogen) atoms. The first kappa shape index (κ1) is 18.3. The van der Waals surface area contributed by atoms with Crippen LogP contribution < -0.4 is 5.32 Å². The highest BCUT2D eigenvalue weighted by Gasteiger charge is 2.35. The molecule has 132 valence electrons. The van der Waals surface area contributed by atoms with E-state index in [0.717, 1.165) is 19.3 Å². The zero-order valence-electron chi connectivity index (χ0n) is 13.9. The summed E-state index contributed by atoms with van der Waals surface area (Å²) in [6.45, 7) is 1.71. The second kappa shape index (κ2) is 8.68. The van der Waals surface area contributed by atoms with Crippen LogP contribution in [0.1, 0.15) is 31.2 Å². The topological polar surface area (TPSA) is 89.9 Å². The van der Waals surface area contributed by atoms with Crippen LogP contribution in [-0.4, -0.2) is 53.4 Å². The average molecular weight is 334 g/mol. The molecule has 0 unspecified atom stereocenters. The third kappa shape index (κ3) is 5.23. The van der Waals surface area contributed by atoms with E-state index in [4.69, 9.17) is 5.11 Å². The fraction of sp³-hybridized carbons (Fsp3) is 0.556. The van der Waals surface area contributed by atoms with Gasteiger partial charge in [0.2, 0.25) is 0 Å². The van der Waals surface area contributed by atoms with Crippen molar-refractivity contribution in [2.45, 2.75) is 32.1 Å². The molecule has 1 heterocycles. The van der Waals surface area contributed by atoms with E-state index in [2.05, 4.69) is 17.4 Å². The number of hydrogen-bond acceptors (Lipinski definition) is 3. The molecule has 0 aliphatic carbocycles. The maximum Gasteiger partial charge on any atom is 0.317 e. The number of benzene rings is 1. The summed E-state index contributed by atoms with van der Waals surface area (Å²) in [5.41, 5.74) is 1.04. The van der Waals surface area contributed by atoms with Gasteiger partial charge in [0.05, 0.1) is 0 Å². The average Bonchev–Trinajstić information content (AvgIpc) is 2.60. The maximum atomic E-state index is 12.1. The first-order valence-corrected chi connectivity index (χ1v) is 8.44. The predicted molar refractivity (Wildman–Crippen MR) is 90.7 cm³/mol. The molecule has 3 N–H and O–H groups in total. The normalized spacial score (nSPS) is 16.6. The van der Waals surface area contributed by atoms with Gasteiger partial charge in [-0.2, -0.15) is 0 Å². The Morgan fingerprint density at radius 2 is 1.83 bits per heavy atom. The first-order chi connectivity index (χ1) is 11.5. The van der Waals surface area contributed by atoms with Crippen LogP contribution in [0.2, 0.25) is 0 Å². The standard InChI is InChI=1S/C18H26N2O4/c21-14-18(13-15-5-2-1-3-6-15)8-11-20(12-9-18)17(24)19-10-4-7-16(22)23/h1-3,5-6,21H,4,7-14H2,(H,19,24)(H,22,23). The summed E-state index contributed by atoms with van der Waals surface area (Å²) < 4.78 is 0. The van der Waals surface area contributed by atoms with Crippen molar-refractivity contribution in [2.24, 2.45) is 5.41 Å². The largest absolute Gasteiger partial charge is 0.481 e. The second-order valence-corrected chi connectivity index (χ2v) is 6.54. The number of carboxylic acid groups (broad SMARTS) is 1. The lowest BCUT2D eigenvalue weighted by molar-refractivity contribution is -0.137. The van der Waals surface area contributed by atoms with Crippen LogP contribution in [0.25, 0.3) is 0 Å². The molecule has 6 nitrogen and oxygen atoms in total. The van der Waals surface area contributed by atoms with E-state index >= 15 is 0 Å². The summed E-state index contributed by atoms with van der Waals surface area (Å²) in [6, 6.07) is 9.97. The van der Waals surface area contributed by atoms with Gasteiger partial charge in [-0.05, 0) is 31.2 Å². The van der Waals surface area contributed by atoms with Crippen molar-refractivity contribution in [3.05, 3.63) is 35.9 Å². The van der Waals surface area contributed by atoms with Crippen molar-refractivity contribution < 1.29 is 19.8 Å². The van der Waals surface area contributed by atoms with E-state index in [9.17, 15) is 14.7 Å². The summed E-state index contributed by atoms with van der Waals surface area (Å²) in [7, 11) is 0. The third-order valence-electron chi connectivity index (χ3n) is 4.71. The first-order valence-electron chi connectivity index (χ1n) is 8.44. The van der Waals surface area contributed by atoms with E-state index in [1.807, 2.05) is 18.2 Å². The fourth-order valence-electron chi connectivity index (χ4n) is 3.15. The number of aliphatic carboxylic acids is 1. The van der Waals surface area contributed by atoms with Crippen LogP contribution in [0, 0.1) is 5.41 Å². The number of aliphatic hydroxyl groups excluding tert-OH is 1. The molecular weight excluding hydrogens is 308 g/mol. The minimum atomic E-state index is -0.851. The molecule has 0 radical (unpaired) electrons. The Hall–Kier alpha value is -2.08. The quantitative estimate of drug-likeness (QED) is 0.664. The lowest BCUT2D eigenvalue weighted by Gasteiger charge is -2.40. The molecule has 6 heteroatoms. The number of carboxylic acids is 1. The molecule has 2 rings (SSSR count). The predicted octanol–water partition coefficient (Wildman–Crippen LogP) is 1.88. The Balaban J connectivity index is 1.80. The van der Waals surface area contributed by atoms with Gasteiger partial charge in [-0.25, -0.2) is 4.79 Å². The number of amides is 2. The van der Waals surface area contributed by atoms with Gasteiger partial charge in [0, 0.05) is 38.1 Å². The van der Waals surface area contributed by atoms with E-state index in [1.165, 1.54) is 5.56 Å². The molecule has 0 spiro atoms. The number of hydrogen-bond donors (Lipinski definition) is 3. The number of nitrogens with one attached hydrogen (secondary N) is 1. The minimum Gasteiger partial charge on any atom is -0.481 e. The van der Waals surface area contributed by atoms with Crippen LogP contribution in [-0.2, 0) is 11.2 Å². The van der Waals surface area contributed by atoms with Crippen molar-refractivity contribution in [1.82, 2.24) is 10.2 Å². The number of urea groups is 1. The smallest absolute Gasteiger partial charge is 0.317 e. The summed E-state index contributed by atoms with van der Waals surface area (Å²) in [5, 5.41) is 21.2. The van der Waals surface area contributed by atoms with E-state index in [1.54, 1.807) is 4.90 Å². The number of carbonyl (C=O) groups is 2. The molecule has 1 saturated heterocycles. The Morgan fingerprint density at radius 3 is 2.42 bits per heavy atom. The van der Waals surface area contributed by atoms with E-state index in [-0.39, 0.29) is 24.5 Å². The Labute approximate surface area is 142 Å². The molecule has 0 bridgehead atoms. The van der Waals surface area contributed by atoms with Crippen LogP contribution >= 0.6 is 0 Å². The van der Waals surface area contributed by atoms with Gasteiger partial charge in [-0.3, -0.25) is 4.79 Å². The number of piperidine rings is 1. The molecule has 2 amide bonds. The van der Waals surface area contributed by atoms with Crippen LogP contribution in [0.4, 0.5) is 4.79 Å². The van der Waals surface area contributed by atoms with Gasteiger partial charge in [0.1, 0.15) is 0 Å². The van der Waals surface area contributed by atoms with E-state index in [0.29, 0.717) is 26.1 Å². The van der Waals surface area contributed by atoms with Crippen molar-refractivity contribution in [2.75, 3.05) is 26.2 Å². The summed E-state index contributed by atoms with van der Waals surface area (Å²) in [6.07, 6.45) is 2.84. The summed E-state index contributed by atoms with van der Waals surface area (Å²) in [5.74, 6) is -0.851. The molecule has 1 fully saturated rings. The number of aliphatic hydroxyl groups is 1. The van der Waals surface area contributed by atoms with Crippen molar-refractivity contribution in [1.29, 1.82) is 0 Å². The zero-order chi connectivity index (χ0) is 17.4. The van der Waals surface area contributed by atoms with E-state index < -0.39 is 5.97 Å². The van der Waals surface area contributed by atoms with Crippen LogP contribution in [0.3, 0.4) is 0 Å². The van der Waals surface area contributed by atoms with Crippen molar-refractivity contribution in [3.63, 3.8) is 0 Å². The van der Waals surface area contributed by atoms with Gasteiger partial charge in [0.25, 0.3) is 0 Å².